The number of hydrogen-bond donors (Lipinski definition) is 0. The fourth-order valence-electron chi connectivity index (χ4n) is 3.22. The van der Waals surface area contributed by atoms with Gasteiger partial charge in [-0.1, -0.05) is 0 Å². The molecule has 1 aromatic heterocycles. The zero-order valence-electron chi connectivity index (χ0n) is 12.7. The van der Waals surface area contributed by atoms with Gasteiger partial charge in [0, 0.05) is 32.0 Å². The first-order valence-corrected chi connectivity index (χ1v) is 7.68. The first-order chi connectivity index (χ1) is 10.1. The number of fused-ring (bicyclic) bond motifs is 1. The average Bonchev–Trinajstić information content (AvgIpc) is 2.92. The van der Waals surface area contributed by atoms with Crippen molar-refractivity contribution in [2.45, 2.75) is 38.1 Å². The van der Waals surface area contributed by atoms with Crippen molar-refractivity contribution in [3.63, 3.8) is 0 Å². The molecule has 3 rings (SSSR count). The van der Waals surface area contributed by atoms with E-state index in [0.717, 1.165) is 38.8 Å². The quantitative estimate of drug-likeness (QED) is 0.835. The second kappa shape index (κ2) is 5.64. The number of furan rings is 1. The Morgan fingerprint density at radius 1 is 1.33 bits per heavy atom. The van der Waals surface area contributed by atoms with Crippen LogP contribution < -0.4 is 0 Å². The number of nitrogens with zero attached hydrogens (tertiary/aromatic N) is 2. The zero-order chi connectivity index (χ0) is 15.0. The summed E-state index contributed by atoms with van der Waals surface area (Å²) in [6.45, 7) is 2.02. The number of piperidine rings is 1. The molecule has 0 radical (unpaired) electrons. The van der Waals surface area contributed by atoms with Crippen LogP contribution in [0, 0.1) is 0 Å². The largest absolute Gasteiger partial charge is 0.455 e. The summed E-state index contributed by atoms with van der Waals surface area (Å²) in [7, 11) is 3.94. The Labute approximate surface area is 124 Å². The van der Waals surface area contributed by atoms with Crippen molar-refractivity contribution in [1.29, 1.82) is 0 Å². The minimum Gasteiger partial charge on any atom is -0.455 e. The standard InChI is InChI=1S/C16H22N2O3/c1-17-8-6-11(7-9-17)18(2)16(20)15-10-12-13(19)4-3-5-14(12)21-15/h10-11H,3-9H2,1-2H3. The van der Waals surface area contributed by atoms with Gasteiger partial charge in [-0.05, 0) is 39.4 Å². The molecule has 0 unspecified atom stereocenters. The number of carbonyl (C=O) groups excluding carboxylic acids is 2. The molecule has 0 aromatic carbocycles. The number of likely N-dealkylation sites (tertiary alicyclic amines) is 1. The van der Waals surface area contributed by atoms with Crippen LogP contribution in [0.1, 0.15) is 52.4 Å². The Balaban J connectivity index is 1.74. The second-order valence-corrected chi connectivity index (χ2v) is 6.17. The average molecular weight is 290 g/mol. The molecule has 0 atom stereocenters. The van der Waals surface area contributed by atoms with E-state index in [-0.39, 0.29) is 17.7 Å². The maximum Gasteiger partial charge on any atom is 0.289 e. The molecule has 2 heterocycles. The van der Waals surface area contributed by atoms with Crippen LogP contribution in [0.25, 0.3) is 0 Å². The van der Waals surface area contributed by atoms with Gasteiger partial charge in [-0.3, -0.25) is 9.59 Å². The molecule has 2 aliphatic rings. The van der Waals surface area contributed by atoms with E-state index in [2.05, 4.69) is 11.9 Å². The molecule has 1 aliphatic heterocycles. The molecular formula is C16H22N2O3. The van der Waals surface area contributed by atoms with Crippen molar-refractivity contribution < 1.29 is 14.0 Å². The third kappa shape index (κ3) is 2.75. The highest BCUT2D eigenvalue weighted by atomic mass is 16.4. The predicted octanol–water partition coefficient (Wildman–Crippen LogP) is 1.96. The van der Waals surface area contributed by atoms with Crippen LogP contribution in [0.2, 0.25) is 0 Å². The lowest BCUT2D eigenvalue weighted by atomic mass is 9.97. The van der Waals surface area contributed by atoms with E-state index in [1.165, 1.54) is 0 Å². The lowest BCUT2D eigenvalue weighted by Gasteiger charge is -2.34. The predicted molar refractivity (Wildman–Crippen MR) is 78.6 cm³/mol. The molecule has 0 saturated carbocycles. The molecule has 1 amide bonds. The normalized spacial score (nSPS) is 20.4. The molecule has 5 nitrogen and oxygen atoms in total. The van der Waals surface area contributed by atoms with E-state index in [9.17, 15) is 9.59 Å². The Morgan fingerprint density at radius 3 is 2.71 bits per heavy atom. The Kier molecular flexibility index (Phi) is 3.85. The molecule has 1 fully saturated rings. The third-order valence-corrected chi connectivity index (χ3v) is 4.68. The van der Waals surface area contributed by atoms with Crippen LogP contribution >= 0.6 is 0 Å². The van der Waals surface area contributed by atoms with Gasteiger partial charge in [-0.2, -0.15) is 0 Å². The summed E-state index contributed by atoms with van der Waals surface area (Å²) in [5, 5.41) is 0. The highest BCUT2D eigenvalue weighted by Gasteiger charge is 2.29. The molecule has 21 heavy (non-hydrogen) atoms. The van der Waals surface area contributed by atoms with Gasteiger partial charge < -0.3 is 14.2 Å². The van der Waals surface area contributed by atoms with E-state index >= 15 is 0 Å². The summed E-state index contributed by atoms with van der Waals surface area (Å²) in [6, 6.07) is 1.90. The molecular weight excluding hydrogens is 268 g/mol. The van der Waals surface area contributed by atoms with Gasteiger partial charge in [0.1, 0.15) is 5.76 Å². The number of rotatable bonds is 2. The summed E-state index contributed by atoms with van der Waals surface area (Å²) in [5.41, 5.74) is 0.612. The summed E-state index contributed by atoms with van der Waals surface area (Å²) in [4.78, 5) is 28.5. The van der Waals surface area contributed by atoms with Gasteiger partial charge in [0.05, 0.1) is 5.56 Å². The molecule has 1 aliphatic carbocycles. The van der Waals surface area contributed by atoms with Crippen LogP contribution in [0.4, 0.5) is 0 Å². The number of Topliss-reactive ketones (excluding diaryl/α,β-unsaturated/α-hetero) is 1. The molecule has 5 heteroatoms. The summed E-state index contributed by atoms with van der Waals surface area (Å²) in [6.07, 6.45) is 4.10. The number of hydrogen-bond acceptors (Lipinski definition) is 4. The molecule has 1 aromatic rings. The molecule has 0 bridgehead atoms. The van der Waals surface area contributed by atoms with E-state index in [4.69, 9.17) is 4.42 Å². The molecule has 0 spiro atoms. The van der Waals surface area contributed by atoms with E-state index < -0.39 is 0 Å². The summed E-state index contributed by atoms with van der Waals surface area (Å²) >= 11 is 0. The minimum atomic E-state index is -0.105. The van der Waals surface area contributed by atoms with Crippen molar-refractivity contribution in [3.05, 3.63) is 23.2 Å². The summed E-state index contributed by atoms with van der Waals surface area (Å²) in [5.74, 6) is 0.996. The van der Waals surface area contributed by atoms with Gasteiger partial charge in [0.15, 0.2) is 11.5 Å². The lowest BCUT2D eigenvalue weighted by molar-refractivity contribution is 0.0626. The maximum absolute atomic E-state index is 12.6. The molecule has 114 valence electrons. The van der Waals surface area contributed by atoms with Gasteiger partial charge in [-0.15, -0.1) is 0 Å². The minimum absolute atomic E-state index is 0.0981. The lowest BCUT2D eigenvalue weighted by Crippen LogP contribution is -2.44. The van der Waals surface area contributed by atoms with Crippen LogP contribution in [-0.2, 0) is 6.42 Å². The first kappa shape index (κ1) is 14.3. The first-order valence-electron chi connectivity index (χ1n) is 7.68. The fraction of sp³-hybridized carbons (Fsp3) is 0.625. The van der Waals surface area contributed by atoms with E-state index in [1.807, 2.05) is 7.05 Å². The Morgan fingerprint density at radius 2 is 2.05 bits per heavy atom. The van der Waals surface area contributed by atoms with Crippen molar-refractivity contribution in [2.24, 2.45) is 0 Å². The van der Waals surface area contributed by atoms with Crippen molar-refractivity contribution >= 4 is 11.7 Å². The SMILES string of the molecule is CN1CCC(N(C)C(=O)c2cc3c(o2)CCCC3=O)CC1. The van der Waals surface area contributed by atoms with Crippen LogP contribution in [0.3, 0.4) is 0 Å². The number of ketones is 1. The van der Waals surface area contributed by atoms with Gasteiger partial charge in [-0.25, -0.2) is 0 Å². The third-order valence-electron chi connectivity index (χ3n) is 4.68. The van der Waals surface area contributed by atoms with E-state index in [0.29, 0.717) is 23.5 Å². The van der Waals surface area contributed by atoms with Crippen molar-refractivity contribution in [1.82, 2.24) is 9.80 Å². The molecule has 0 N–H and O–H groups in total. The highest BCUT2D eigenvalue weighted by Crippen LogP contribution is 2.26. The maximum atomic E-state index is 12.6. The topological polar surface area (TPSA) is 53.8 Å². The summed E-state index contributed by atoms with van der Waals surface area (Å²) < 4.78 is 5.65. The highest BCUT2D eigenvalue weighted by molar-refractivity contribution is 6.01. The fourth-order valence-corrected chi connectivity index (χ4v) is 3.22. The smallest absolute Gasteiger partial charge is 0.289 e. The number of aryl methyl sites for hydroxylation is 1. The van der Waals surface area contributed by atoms with Crippen LogP contribution in [0.5, 0.6) is 0 Å². The number of carbonyl (C=O) groups is 2. The number of amides is 1. The van der Waals surface area contributed by atoms with E-state index in [1.54, 1.807) is 11.0 Å². The second-order valence-electron chi connectivity index (χ2n) is 6.17. The van der Waals surface area contributed by atoms with Gasteiger partial charge in [0.25, 0.3) is 5.91 Å². The van der Waals surface area contributed by atoms with Crippen molar-refractivity contribution in [2.75, 3.05) is 27.2 Å². The van der Waals surface area contributed by atoms with Gasteiger partial charge in [0.2, 0.25) is 0 Å². The van der Waals surface area contributed by atoms with Crippen molar-refractivity contribution in [3.8, 4) is 0 Å². The van der Waals surface area contributed by atoms with Crippen LogP contribution in [0.15, 0.2) is 10.5 Å². The van der Waals surface area contributed by atoms with Crippen LogP contribution in [-0.4, -0.2) is 54.7 Å². The monoisotopic (exact) mass is 290 g/mol. The zero-order valence-corrected chi connectivity index (χ0v) is 12.7. The molecule has 1 saturated heterocycles. The Hall–Kier alpha value is -1.62. The Bertz CT molecular complexity index is 556. The van der Waals surface area contributed by atoms with Gasteiger partial charge >= 0.3 is 0 Å².